The van der Waals surface area contributed by atoms with Gasteiger partial charge in [0, 0.05) is 12.4 Å². The fourth-order valence-electron chi connectivity index (χ4n) is 1.20. The monoisotopic (exact) mass is 211 g/mol. The summed E-state index contributed by atoms with van der Waals surface area (Å²) in [6.07, 6.45) is 3.97. The molecule has 1 rings (SSSR count). The number of rotatable bonds is 6. The predicted octanol–water partition coefficient (Wildman–Crippen LogP) is -0.300. The second kappa shape index (κ2) is 5.75. The minimum Gasteiger partial charge on any atom is -0.394 e. The second-order valence-corrected chi connectivity index (χ2v) is 3.47. The van der Waals surface area contributed by atoms with Gasteiger partial charge in [0.05, 0.1) is 25.3 Å². The van der Waals surface area contributed by atoms with E-state index in [1.54, 1.807) is 18.5 Å². The third-order valence-electron chi connectivity index (χ3n) is 2.52. The first kappa shape index (κ1) is 12.0. The lowest BCUT2D eigenvalue weighted by atomic mass is 9.98. The maximum Gasteiger partial charge on any atom is 0.141 e. The van der Waals surface area contributed by atoms with Crippen molar-refractivity contribution in [1.82, 2.24) is 15.3 Å². The Balaban J connectivity index is 2.54. The van der Waals surface area contributed by atoms with Gasteiger partial charge < -0.3 is 15.5 Å². The number of nitrogens with one attached hydrogen (secondary N) is 1. The van der Waals surface area contributed by atoms with Crippen molar-refractivity contribution in [3.63, 3.8) is 0 Å². The van der Waals surface area contributed by atoms with Gasteiger partial charge >= 0.3 is 0 Å². The molecule has 0 saturated carbocycles. The van der Waals surface area contributed by atoms with E-state index in [9.17, 15) is 10.2 Å². The lowest BCUT2D eigenvalue weighted by Crippen LogP contribution is -2.50. The normalized spacial score (nSPS) is 11.7. The van der Waals surface area contributed by atoms with Crippen LogP contribution in [-0.2, 0) is 6.54 Å². The fraction of sp³-hybridized carbons (Fsp3) is 0.600. The third kappa shape index (κ3) is 3.23. The van der Waals surface area contributed by atoms with Gasteiger partial charge in [-0.1, -0.05) is 6.92 Å². The van der Waals surface area contributed by atoms with Crippen molar-refractivity contribution in [3.05, 3.63) is 24.3 Å². The lowest BCUT2D eigenvalue weighted by molar-refractivity contribution is 0.0858. The van der Waals surface area contributed by atoms with Gasteiger partial charge in [0.15, 0.2) is 0 Å². The molecule has 5 nitrogen and oxygen atoms in total. The van der Waals surface area contributed by atoms with Gasteiger partial charge in [-0.25, -0.2) is 9.97 Å². The molecular weight excluding hydrogens is 194 g/mol. The van der Waals surface area contributed by atoms with Crippen molar-refractivity contribution in [2.45, 2.75) is 25.4 Å². The molecular formula is C10H17N3O2. The maximum absolute atomic E-state index is 9.19. The molecule has 0 aromatic carbocycles. The predicted molar refractivity (Wildman–Crippen MR) is 56.1 cm³/mol. The number of hydrogen-bond donors (Lipinski definition) is 3. The molecule has 0 saturated heterocycles. The van der Waals surface area contributed by atoms with Gasteiger partial charge in [-0.15, -0.1) is 0 Å². The number of nitrogens with zero attached hydrogens (tertiary/aromatic N) is 2. The minimum absolute atomic E-state index is 0.104. The molecule has 0 aliphatic carbocycles. The largest absolute Gasteiger partial charge is 0.394 e. The second-order valence-electron chi connectivity index (χ2n) is 3.47. The molecule has 0 aliphatic rings. The summed E-state index contributed by atoms with van der Waals surface area (Å²) < 4.78 is 0. The number of aromatic nitrogens is 2. The van der Waals surface area contributed by atoms with Crippen LogP contribution < -0.4 is 5.32 Å². The maximum atomic E-state index is 9.19. The summed E-state index contributed by atoms with van der Waals surface area (Å²) in [5, 5.41) is 21.5. The molecule has 0 radical (unpaired) electrons. The van der Waals surface area contributed by atoms with Crippen molar-refractivity contribution < 1.29 is 10.2 Å². The van der Waals surface area contributed by atoms with Gasteiger partial charge in [-0.05, 0) is 12.5 Å². The zero-order valence-corrected chi connectivity index (χ0v) is 8.85. The highest BCUT2D eigenvalue weighted by atomic mass is 16.3. The Morgan fingerprint density at radius 3 is 2.33 bits per heavy atom. The average Bonchev–Trinajstić information content (AvgIpc) is 2.33. The zero-order valence-electron chi connectivity index (χ0n) is 8.85. The van der Waals surface area contributed by atoms with Crippen LogP contribution in [0.5, 0.6) is 0 Å². The highest BCUT2D eigenvalue weighted by Crippen LogP contribution is 2.08. The molecule has 5 heteroatoms. The van der Waals surface area contributed by atoms with E-state index in [-0.39, 0.29) is 13.2 Å². The van der Waals surface area contributed by atoms with Crippen molar-refractivity contribution in [2.75, 3.05) is 13.2 Å². The summed E-state index contributed by atoms with van der Waals surface area (Å²) in [4.78, 5) is 8.10. The summed E-state index contributed by atoms with van der Waals surface area (Å²) in [5.41, 5.74) is -0.640. The van der Waals surface area contributed by atoms with Gasteiger partial charge in [-0.2, -0.15) is 0 Å². The Morgan fingerprint density at radius 2 is 1.87 bits per heavy atom. The molecule has 1 aromatic rings. The van der Waals surface area contributed by atoms with Gasteiger partial charge in [0.1, 0.15) is 5.82 Å². The number of aliphatic hydroxyl groups is 2. The molecule has 0 fully saturated rings. The number of hydrogen-bond acceptors (Lipinski definition) is 5. The Bertz CT molecular complexity index is 267. The van der Waals surface area contributed by atoms with Crippen molar-refractivity contribution in [2.24, 2.45) is 0 Å². The Hall–Kier alpha value is -1.04. The average molecular weight is 211 g/mol. The molecule has 1 aromatic heterocycles. The Morgan fingerprint density at radius 1 is 1.27 bits per heavy atom. The van der Waals surface area contributed by atoms with Crippen LogP contribution in [0.2, 0.25) is 0 Å². The van der Waals surface area contributed by atoms with Crippen LogP contribution in [0, 0.1) is 0 Å². The standard InChI is InChI=1S/C10H17N3O2/c1-2-10(7-14,8-15)13-6-9-11-4-3-5-12-9/h3-5,13-15H,2,6-8H2,1H3. The highest BCUT2D eigenvalue weighted by Gasteiger charge is 2.25. The van der Waals surface area contributed by atoms with Gasteiger partial charge in [-0.3, -0.25) is 0 Å². The summed E-state index contributed by atoms with van der Waals surface area (Å²) >= 11 is 0. The Kier molecular flexibility index (Phi) is 4.61. The molecule has 0 aliphatic heterocycles. The van der Waals surface area contributed by atoms with Crippen molar-refractivity contribution >= 4 is 0 Å². The van der Waals surface area contributed by atoms with E-state index in [2.05, 4.69) is 15.3 Å². The lowest BCUT2D eigenvalue weighted by Gasteiger charge is -2.29. The minimum atomic E-state index is -0.640. The SMILES string of the molecule is CCC(CO)(CO)NCc1ncccn1. The topological polar surface area (TPSA) is 78.3 Å². The first-order chi connectivity index (χ1) is 7.26. The molecule has 0 bridgehead atoms. The summed E-state index contributed by atoms with van der Waals surface area (Å²) in [6, 6.07) is 1.74. The molecule has 84 valence electrons. The molecule has 15 heavy (non-hydrogen) atoms. The van der Waals surface area contributed by atoms with Crippen molar-refractivity contribution in [3.8, 4) is 0 Å². The van der Waals surface area contributed by atoms with E-state index in [4.69, 9.17) is 0 Å². The van der Waals surface area contributed by atoms with Crippen LogP contribution >= 0.6 is 0 Å². The third-order valence-corrected chi connectivity index (χ3v) is 2.52. The van der Waals surface area contributed by atoms with Crippen LogP contribution in [0.25, 0.3) is 0 Å². The van der Waals surface area contributed by atoms with Crippen LogP contribution in [0.3, 0.4) is 0 Å². The molecule has 3 N–H and O–H groups in total. The summed E-state index contributed by atoms with van der Waals surface area (Å²) in [5.74, 6) is 0.650. The molecule has 0 spiro atoms. The zero-order chi connectivity index (χ0) is 11.1. The smallest absolute Gasteiger partial charge is 0.141 e. The van der Waals surface area contributed by atoms with Crippen molar-refractivity contribution in [1.29, 1.82) is 0 Å². The number of aliphatic hydroxyl groups excluding tert-OH is 2. The molecule has 0 unspecified atom stereocenters. The Labute approximate surface area is 89.2 Å². The van der Waals surface area contributed by atoms with E-state index in [0.717, 1.165) is 0 Å². The fourth-order valence-corrected chi connectivity index (χ4v) is 1.20. The molecule has 0 atom stereocenters. The van der Waals surface area contributed by atoms with Crippen LogP contribution in [0.15, 0.2) is 18.5 Å². The van der Waals surface area contributed by atoms with E-state index in [0.29, 0.717) is 18.8 Å². The van der Waals surface area contributed by atoms with E-state index < -0.39 is 5.54 Å². The quantitative estimate of drug-likeness (QED) is 0.602. The van der Waals surface area contributed by atoms with Gasteiger partial charge in [0.2, 0.25) is 0 Å². The van der Waals surface area contributed by atoms with E-state index >= 15 is 0 Å². The molecule has 1 heterocycles. The first-order valence-corrected chi connectivity index (χ1v) is 4.99. The van der Waals surface area contributed by atoms with Gasteiger partial charge in [0.25, 0.3) is 0 Å². The van der Waals surface area contributed by atoms with Crippen LogP contribution in [-0.4, -0.2) is 38.9 Å². The van der Waals surface area contributed by atoms with Crippen LogP contribution in [0.1, 0.15) is 19.2 Å². The van der Waals surface area contributed by atoms with E-state index in [1.807, 2.05) is 6.92 Å². The summed E-state index contributed by atoms with van der Waals surface area (Å²) in [6.45, 7) is 2.14. The first-order valence-electron chi connectivity index (χ1n) is 4.99. The van der Waals surface area contributed by atoms with Crippen LogP contribution in [0.4, 0.5) is 0 Å². The highest BCUT2D eigenvalue weighted by molar-refractivity contribution is 4.92. The summed E-state index contributed by atoms with van der Waals surface area (Å²) in [7, 11) is 0. The molecule has 0 amide bonds. The van der Waals surface area contributed by atoms with E-state index in [1.165, 1.54) is 0 Å².